The molecule has 1 aromatic carbocycles. The van der Waals surface area contributed by atoms with Crippen molar-refractivity contribution in [2.24, 2.45) is 10.8 Å². The first-order valence-electron chi connectivity index (χ1n) is 5.74. The van der Waals surface area contributed by atoms with E-state index in [0.717, 1.165) is 15.9 Å². The predicted molar refractivity (Wildman–Crippen MR) is 80.4 cm³/mol. The van der Waals surface area contributed by atoms with Crippen LogP contribution in [-0.4, -0.2) is 32.8 Å². The van der Waals surface area contributed by atoms with Gasteiger partial charge in [0.1, 0.15) is 5.75 Å². The Kier molecular flexibility index (Phi) is 6.61. The van der Waals surface area contributed by atoms with E-state index >= 15 is 0 Å². The Labute approximate surface area is 121 Å². The molecule has 0 spiro atoms. The summed E-state index contributed by atoms with van der Waals surface area (Å²) in [6.07, 6.45) is 0. The summed E-state index contributed by atoms with van der Waals surface area (Å²) in [6, 6.07) is 5.62. The number of guanidine groups is 1. The first-order valence-corrected chi connectivity index (χ1v) is 6.54. The van der Waals surface area contributed by atoms with Crippen molar-refractivity contribution in [3.63, 3.8) is 0 Å². The molecule has 0 fully saturated rings. The van der Waals surface area contributed by atoms with E-state index in [2.05, 4.69) is 31.7 Å². The maximum Gasteiger partial charge on any atom is 0.210 e. The van der Waals surface area contributed by atoms with Gasteiger partial charge in [-0.2, -0.15) is 0 Å². The molecular formula is C12H19BrN4O2. The summed E-state index contributed by atoms with van der Waals surface area (Å²) < 4.78 is 11.1. The number of rotatable bonds is 5. The molecule has 0 radical (unpaired) electrons. The number of hydrogen-bond donors (Lipinski definition) is 3. The van der Waals surface area contributed by atoms with Crippen LogP contribution >= 0.6 is 15.9 Å². The highest BCUT2D eigenvalue weighted by atomic mass is 79.9. The SMILES string of the molecule is COCC(C)N=C(NN)Nc1ccc(Br)c(OC)c1. The molecule has 1 rings (SSSR count). The summed E-state index contributed by atoms with van der Waals surface area (Å²) in [6.45, 7) is 2.46. The quantitative estimate of drug-likeness (QED) is 0.331. The molecule has 6 nitrogen and oxygen atoms in total. The van der Waals surface area contributed by atoms with Crippen LogP contribution in [0.3, 0.4) is 0 Å². The van der Waals surface area contributed by atoms with Crippen LogP contribution in [-0.2, 0) is 4.74 Å². The van der Waals surface area contributed by atoms with Crippen molar-refractivity contribution in [2.45, 2.75) is 13.0 Å². The lowest BCUT2D eigenvalue weighted by Crippen LogP contribution is -2.37. The number of aliphatic imine (C=N–C) groups is 1. The van der Waals surface area contributed by atoms with Crippen molar-refractivity contribution in [1.29, 1.82) is 0 Å². The minimum atomic E-state index is 0.000828. The zero-order valence-electron chi connectivity index (χ0n) is 11.2. The molecule has 0 bridgehead atoms. The smallest absolute Gasteiger partial charge is 0.210 e. The Morgan fingerprint density at radius 1 is 1.47 bits per heavy atom. The molecule has 7 heteroatoms. The van der Waals surface area contributed by atoms with Crippen LogP contribution < -0.4 is 21.3 Å². The lowest BCUT2D eigenvalue weighted by Gasteiger charge is -2.13. The first-order chi connectivity index (χ1) is 9.10. The third kappa shape index (κ3) is 5.06. The molecule has 0 heterocycles. The number of hydrazine groups is 1. The van der Waals surface area contributed by atoms with Gasteiger partial charge in [-0.05, 0) is 35.0 Å². The zero-order chi connectivity index (χ0) is 14.3. The van der Waals surface area contributed by atoms with Gasteiger partial charge in [0.25, 0.3) is 0 Å². The molecule has 0 aromatic heterocycles. The van der Waals surface area contributed by atoms with Gasteiger partial charge < -0.3 is 14.8 Å². The van der Waals surface area contributed by atoms with Crippen LogP contribution in [0, 0.1) is 0 Å². The molecule has 0 aliphatic heterocycles. The molecule has 1 aromatic rings. The van der Waals surface area contributed by atoms with E-state index in [9.17, 15) is 0 Å². The number of methoxy groups -OCH3 is 2. The number of nitrogens with two attached hydrogens (primary N) is 1. The summed E-state index contributed by atoms with van der Waals surface area (Å²) in [5, 5.41) is 3.08. The van der Waals surface area contributed by atoms with Crippen molar-refractivity contribution in [1.82, 2.24) is 5.43 Å². The Hall–Kier alpha value is -1.31. The Morgan fingerprint density at radius 3 is 2.79 bits per heavy atom. The fraction of sp³-hybridized carbons (Fsp3) is 0.417. The highest BCUT2D eigenvalue weighted by Crippen LogP contribution is 2.27. The van der Waals surface area contributed by atoms with Gasteiger partial charge in [-0.25, -0.2) is 10.8 Å². The molecule has 0 aliphatic carbocycles. The molecule has 1 unspecified atom stereocenters. The average Bonchev–Trinajstić information content (AvgIpc) is 2.40. The zero-order valence-corrected chi connectivity index (χ0v) is 12.8. The maximum atomic E-state index is 5.44. The summed E-state index contributed by atoms with van der Waals surface area (Å²) in [7, 11) is 3.25. The van der Waals surface area contributed by atoms with Gasteiger partial charge in [0, 0.05) is 18.9 Å². The van der Waals surface area contributed by atoms with Crippen molar-refractivity contribution < 1.29 is 9.47 Å². The average molecular weight is 331 g/mol. The second-order valence-electron chi connectivity index (χ2n) is 3.90. The largest absolute Gasteiger partial charge is 0.495 e. The van der Waals surface area contributed by atoms with Gasteiger partial charge in [0.15, 0.2) is 0 Å². The Morgan fingerprint density at radius 2 is 2.21 bits per heavy atom. The van der Waals surface area contributed by atoms with Crippen LogP contribution in [0.2, 0.25) is 0 Å². The van der Waals surface area contributed by atoms with Crippen molar-refractivity contribution in [3.05, 3.63) is 22.7 Å². The van der Waals surface area contributed by atoms with E-state index in [4.69, 9.17) is 15.3 Å². The van der Waals surface area contributed by atoms with E-state index in [-0.39, 0.29) is 6.04 Å². The summed E-state index contributed by atoms with van der Waals surface area (Å²) >= 11 is 3.39. The van der Waals surface area contributed by atoms with Crippen molar-refractivity contribution in [2.75, 3.05) is 26.1 Å². The van der Waals surface area contributed by atoms with Crippen LogP contribution in [0.5, 0.6) is 5.75 Å². The highest BCUT2D eigenvalue weighted by molar-refractivity contribution is 9.10. The standard InChI is InChI=1S/C12H19BrN4O2/c1-8(7-18-2)15-12(17-14)16-9-4-5-10(13)11(6-9)19-3/h4-6,8H,7,14H2,1-3H3,(H2,15,16,17). The maximum absolute atomic E-state index is 5.44. The third-order valence-corrected chi connectivity index (χ3v) is 2.96. The van der Waals surface area contributed by atoms with E-state index in [1.165, 1.54) is 0 Å². The molecule has 0 aliphatic rings. The number of anilines is 1. The molecule has 0 saturated heterocycles. The van der Waals surface area contributed by atoms with Gasteiger partial charge in [0.05, 0.1) is 24.2 Å². The molecular weight excluding hydrogens is 312 g/mol. The number of ether oxygens (including phenoxy) is 2. The lowest BCUT2D eigenvalue weighted by molar-refractivity contribution is 0.185. The fourth-order valence-corrected chi connectivity index (χ4v) is 1.89. The van der Waals surface area contributed by atoms with Crippen molar-refractivity contribution >= 4 is 27.6 Å². The van der Waals surface area contributed by atoms with Crippen LogP contribution in [0.15, 0.2) is 27.7 Å². The molecule has 4 N–H and O–H groups in total. The number of nitrogens with one attached hydrogen (secondary N) is 2. The van der Waals surface area contributed by atoms with Gasteiger partial charge in [0.2, 0.25) is 5.96 Å². The van der Waals surface area contributed by atoms with Crippen LogP contribution in [0.1, 0.15) is 6.92 Å². The normalized spacial score (nSPS) is 13.0. The second-order valence-corrected chi connectivity index (χ2v) is 4.76. The number of nitrogens with zero attached hydrogens (tertiary/aromatic N) is 1. The number of benzene rings is 1. The summed E-state index contributed by atoms with van der Waals surface area (Å²) in [5.74, 6) is 6.64. The molecule has 0 saturated carbocycles. The van der Waals surface area contributed by atoms with Crippen LogP contribution in [0.25, 0.3) is 0 Å². The monoisotopic (exact) mass is 330 g/mol. The minimum Gasteiger partial charge on any atom is -0.495 e. The Balaban J connectivity index is 2.81. The van der Waals surface area contributed by atoms with Crippen LogP contribution in [0.4, 0.5) is 5.69 Å². The highest BCUT2D eigenvalue weighted by Gasteiger charge is 2.05. The van der Waals surface area contributed by atoms with E-state index in [0.29, 0.717) is 12.6 Å². The first kappa shape index (κ1) is 15.7. The van der Waals surface area contributed by atoms with E-state index < -0.39 is 0 Å². The third-order valence-electron chi connectivity index (χ3n) is 2.31. The van der Waals surface area contributed by atoms with Gasteiger partial charge in [-0.3, -0.25) is 5.43 Å². The number of hydrogen-bond acceptors (Lipinski definition) is 4. The summed E-state index contributed by atoms with van der Waals surface area (Å²) in [4.78, 5) is 4.35. The lowest BCUT2D eigenvalue weighted by atomic mass is 10.3. The minimum absolute atomic E-state index is 0.000828. The van der Waals surface area contributed by atoms with Gasteiger partial charge >= 0.3 is 0 Å². The van der Waals surface area contributed by atoms with Gasteiger partial charge in [-0.1, -0.05) is 0 Å². The number of halogens is 1. The topological polar surface area (TPSA) is 80.9 Å². The molecule has 106 valence electrons. The Bertz CT molecular complexity index is 440. The summed E-state index contributed by atoms with van der Waals surface area (Å²) in [5.41, 5.74) is 3.34. The molecule has 0 amide bonds. The predicted octanol–water partition coefficient (Wildman–Crippen LogP) is 1.72. The molecule has 1 atom stereocenters. The molecule has 19 heavy (non-hydrogen) atoms. The van der Waals surface area contributed by atoms with E-state index in [1.807, 2.05) is 25.1 Å². The second kappa shape index (κ2) is 7.98. The van der Waals surface area contributed by atoms with Crippen molar-refractivity contribution in [3.8, 4) is 5.75 Å². The van der Waals surface area contributed by atoms with E-state index in [1.54, 1.807) is 14.2 Å². The fourth-order valence-electron chi connectivity index (χ4n) is 1.48. The van der Waals surface area contributed by atoms with Gasteiger partial charge in [-0.15, -0.1) is 0 Å².